The van der Waals surface area contributed by atoms with Gasteiger partial charge in [-0.05, 0) is 31.5 Å². The van der Waals surface area contributed by atoms with Gasteiger partial charge in [-0.15, -0.1) is 23.4 Å². The molecule has 2 aromatic rings. The number of halogens is 3. The molecule has 2 heterocycles. The van der Waals surface area contributed by atoms with Crippen LogP contribution < -0.4 is 9.64 Å². The van der Waals surface area contributed by atoms with Crippen molar-refractivity contribution in [2.45, 2.75) is 37.2 Å². The number of anilines is 1. The van der Waals surface area contributed by atoms with E-state index >= 15 is 0 Å². The molecule has 27 heavy (non-hydrogen) atoms. The molecule has 1 saturated heterocycles. The number of ether oxygens (including phenoxy) is 2. The standard InChI is InChI=1S/C17H21F3N4O2S/c1-3-24-15(23-8-10-25-11-9-23)21-22-16(24)27-12(2)13-4-6-14(7-5-13)26-17(18,19)20/h4-7,12H,3,8-11H2,1-2H3. The molecule has 1 aromatic carbocycles. The van der Waals surface area contributed by atoms with Crippen molar-refractivity contribution in [3.63, 3.8) is 0 Å². The minimum atomic E-state index is -4.69. The largest absolute Gasteiger partial charge is 0.573 e. The van der Waals surface area contributed by atoms with Gasteiger partial charge in [-0.3, -0.25) is 4.57 Å². The molecule has 1 atom stereocenters. The van der Waals surface area contributed by atoms with Gasteiger partial charge < -0.3 is 14.4 Å². The Balaban J connectivity index is 1.70. The van der Waals surface area contributed by atoms with Crippen molar-refractivity contribution in [2.75, 3.05) is 31.2 Å². The number of morpholine rings is 1. The number of nitrogens with zero attached hydrogens (tertiary/aromatic N) is 4. The number of aromatic nitrogens is 3. The van der Waals surface area contributed by atoms with Crippen LogP contribution in [0.3, 0.4) is 0 Å². The Labute approximate surface area is 159 Å². The molecule has 1 unspecified atom stereocenters. The lowest BCUT2D eigenvalue weighted by atomic mass is 10.2. The second-order valence-corrected chi connectivity index (χ2v) is 7.31. The van der Waals surface area contributed by atoms with Crippen LogP contribution in [-0.4, -0.2) is 47.4 Å². The molecule has 0 radical (unpaired) electrons. The third-order valence-electron chi connectivity index (χ3n) is 4.17. The van der Waals surface area contributed by atoms with Crippen molar-refractivity contribution >= 4 is 17.7 Å². The number of benzene rings is 1. The van der Waals surface area contributed by atoms with Crippen LogP contribution in [0.5, 0.6) is 5.75 Å². The third kappa shape index (κ3) is 5.07. The fourth-order valence-electron chi connectivity index (χ4n) is 2.81. The van der Waals surface area contributed by atoms with E-state index < -0.39 is 6.36 Å². The van der Waals surface area contributed by atoms with Crippen molar-refractivity contribution in [3.8, 4) is 5.75 Å². The fourth-order valence-corrected chi connectivity index (χ4v) is 3.84. The van der Waals surface area contributed by atoms with Gasteiger partial charge in [0.25, 0.3) is 0 Å². The van der Waals surface area contributed by atoms with Crippen LogP contribution in [0.4, 0.5) is 19.1 Å². The predicted octanol–water partition coefficient (Wildman–Crippen LogP) is 3.89. The van der Waals surface area contributed by atoms with Gasteiger partial charge in [-0.1, -0.05) is 23.9 Å². The maximum atomic E-state index is 12.3. The molecular formula is C17H21F3N4O2S. The lowest BCUT2D eigenvalue weighted by Crippen LogP contribution is -2.38. The number of thioether (sulfide) groups is 1. The monoisotopic (exact) mass is 402 g/mol. The highest BCUT2D eigenvalue weighted by Gasteiger charge is 2.31. The molecule has 10 heteroatoms. The first-order valence-electron chi connectivity index (χ1n) is 8.65. The molecule has 0 bridgehead atoms. The molecule has 1 fully saturated rings. The normalized spacial score (nSPS) is 16.4. The zero-order valence-electron chi connectivity index (χ0n) is 15.1. The summed E-state index contributed by atoms with van der Waals surface area (Å²) in [5, 5.41) is 9.42. The minimum Gasteiger partial charge on any atom is -0.406 e. The summed E-state index contributed by atoms with van der Waals surface area (Å²) in [5.41, 5.74) is 0.883. The van der Waals surface area contributed by atoms with Gasteiger partial charge in [0.1, 0.15) is 5.75 Å². The topological polar surface area (TPSA) is 52.4 Å². The summed E-state index contributed by atoms with van der Waals surface area (Å²) in [6.07, 6.45) is -4.69. The molecule has 0 spiro atoms. The van der Waals surface area contributed by atoms with Gasteiger partial charge in [0.2, 0.25) is 5.95 Å². The number of hydrogen-bond donors (Lipinski definition) is 0. The molecule has 148 valence electrons. The maximum Gasteiger partial charge on any atom is 0.573 e. The Bertz CT molecular complexity index is 746. The van der Waals surface area contributed by atoms with E-state index in [0.717, 1.165) is 36.3 Å². The van der Waals surface area contributed by atoms with E-state index in [1.165, 1.54) is 23.9 Å². The Kier molecular flexibility index (Phi) is 6.15. The second kappa shape index (κ2) is 8.39. The van der Waals surface area contributed by atoms with Crippen LogP contribution in [0.2, 0.25) is 0 Å². The minimum absolute atomic E-state index is 0.00280. The molecule has 3 rings (SSSR count). The second-order valence-electron chi connectivity index (χ2n) is 6.00. The Morgan fingerprint density at radius 2 is 1.85 bits per heavy atom. The van der Waals surface area contributed by atoms with Gasteiger partial charge in [0, 0.05) is 24.9 Å². The van der Waals surface area contributed by atoms with E-state index in [4.69, 9.17) is 4.74 Å². The van der Waals surface area contributed by atoms with Crippen molar-refractivity contribution in [3.05, 3.63) is 29.8 Å². The number of alkyl halides is 3. The van der Waals surface area contributed by atoms with E-state index in [1.807, 2.05) is 18.4 Å². The first-order valence-corrected chi connectivity index (χ1v) is 9.53. The van der Waals surface area contributed by atoms with Gasteiger partial charge in [0.15, 0.2) is 5.16 Å². The summed E-state index contributed by atoms with van der Waals surface area (Å²) in [6.45, 7) is 7.63. The predicted molar refractivity (Wildman–Crippen MR) is 96.1 cm³/mol. The smallest absolute Gasteiger partial charge is 0.406 e. The van der Waals surface area contributed by atoms with E-state index in [-0.39, 0.29) is 11.0 Å². The molecule has 0 saturated carbocycles. The van der Waals surface area contributed by atoms with Crippen LogP contribution in [0, 0.1) is 0 Å². The summed E-state index contributed by atoms with van der Waals surface area (Å²) >= 11 is 1.52. The van der Waals surface area contributed by atoms with Crippen molar-refractivity contribution in [2.24, 2.45) is 0 Å². The molecule has 0 aliphatic carbocycles. The van der Waals surface area contributed by atoms with Crippen LogP contribution in [0.15, 0.2) is 29.4 Å². The van der Waals surface area contributed by atoms with Gasteiger partial charge in [-0.2, -0.15) is 0 Å². The van der Waals surface area contributed by atoms with Crippen LogP contribution in [-0.2, 0) is 11.3 Å². The van der Waals surface area contributed by atoms with E-state index in [0.29, 0.717) is 13.2 Å². The van der Waals surface area contributed by atoms with Crippen molar-refractivity contribution in [1.29, 1.82) is 0 Å². The Morgan fingerprint density at radius 3 is 2.44 bits per heavy atom. The molecule has 1 aliphatic heterocycles. The summed E-state index contributed by atoms with van der Waals surface area (Å²) in [6, 6.07) is 5.91. The number of hydrogen-bond acceptors (Lipinski definition) is 6. The average molecular weight is 402 g/mol. The third-order valence-corrected chi connectivity index (χ3v) is 5.31. The highest BCUT2D eigenvalue weighted by Crippen LogP contribution is 2.36. The molecule has 6 nitrogen and oxygen atoms in total. The first kappa shape index (κ1) is 19.8. The zero-order valence-corrected chi connectivity index (χ0v) is 15.9. The molecule has 1 aromatic heterocycles. The number of rotatable bonds is 6. The fraction of sp³-hybridized carbons (Fsp3) is 0.529. The van der Waals surface area contributed by atoms with E-state index in [9.17, 15) is 13.2 Å². The SMILES string of the molecule is CCn1c(SC(C)c2ccc(OC(F)(F)F)cc2)nnc1N1CCOCC1. The van der Waals surface area contributed by atoms with E-state index in [2.05, 4.69) is 19.8 Å². The van der Waals surface area contributed by atoms with Crippen LogP contribution >= 0.6 is 11.8 Å². The summed E-state index contributed by atoms with van der Waals surface area (Å²) in [4.78, 5) is 2.15. The van der Waals surface area contributed by atoms with Gasteiger partial charge in [-0.25, -0.2) is 0 Å². The molecule has 0 N–H and O–H groups in total. The lowest BCUT2D eigenvalue weighted by Gasteiger charge is -2.27. The Morgan fingerprint density at radius 1 is 1.19 bits per heavy atom. The van der Waals surface area contributed by atoms with Crippen LogP contribution in [0.25, 0.3) is 0 Å². The Hall–Kier alpha value is -1.94. The highest BCUT2D eigenvalue weighted by molar-refractivity contribution is 7.99. The maximum absolute atomic E-state index is 12.3. The van der Waals surface area contributed by atoms with Crippen LogP contribution in [0.1, 0.15) is 24.7 Å². The summed E-state index contributed by atoms with van der Waals surface area (Å²) in [5.74, 6) is 0.596. The quantitative estimate of drug-likeness (QED) is 0.684. The first-order chi connectivity index (χ1) is 12.9. The van der Waals surface area contributed by atoms with Crippen molar-refractivity contribution in [1.82, 2.24) is 14.8 Å². The molecule has 1 aliphatic rings. The van der Waals surface area contributed by atoms with Gasteiger partial charge in [0.05, 0.1) is 13.2 Å². The van der Waals surface area contributed by atoms with Gasteiger partial charge >= 0.3 is 6.36 Å². The lowest BCUT2D eigenvalue weighted by molar-refractivity contribution is -0.274. The average Bonchev–Trinajstić information content (AvgIpc) is 3.04. The molecular weight excluding hydrogens is 381 g/mol. The zero-order chi connectivity index (χ0) is 19.4. The molecule has 0 amide bonds. The van der Waals surface area contributed by atoms with E-state index in [1.54, 1.807) is 12.1 Å². The highest BCUT2D eigenvalue weighted by atomic mass is 32.2. The summed E-state index contributed by atoms with van der Waals surface area (Å²) in [7, 11) is 0. The summed E-state index contributed by atoms with van der Waals surface area (Å²) < 4.78 is 48.2. The van der Waals surface area contributed by atoms with Crippen molar-refractivity contribution < 1.29 is 22.6 Å².